The normalized spacial score (nSPS) is 12.8. The van der Waals surface area contributed by atoms with E-state index in [4.69, 9.17) is 0 Å². The Morgan fingerprint density at radius 1 is 0.889 bits per heavy atom. The lowest BCUT2D eigenvalue weighted by Gasteiger charge is -2.04. The van der Waals surface area contributed by atoms with Crippen LogP contribution in [0.25, 0.3) is 0 Å². The molecule has 0 fully saturated rings. The fourth-order valence-corrected chi connectivity index (χ4v) is 2.61. The summed E-state index contributed by atoms with van der Waals surface area (Å²) in [5, 5.41) is 0. The monoisotopic (exact) mass is 305 g/mol. The molecule has 0 aromatic rings. The second-order valence-electron chi connectivity index (χ2n) is 3.57. The predicted molar refractivity (Wildman–Crippen MR) is 63.5 cm³/mol. The van der Waals surface area contributed by atoms with Crippen molar-refractivity contribution in [2.75, 3.05) is 6.61 Å². The van der Waals surface area contributed by atoms with Crippen molar-refractivity contribution < 1.29 is 28.9 Å². The van der Waals surface area contributed by atoms with Gasteiger partial charge in [-0.15, -0.1) is 0 Å². The van der Waals surface area contributed by atoms with Crippen LogP contribution in [0.5, 0.6) is 0 Å². The number of rotatable bonds is 11. The third-order valence-electron chi connectivity index (χ3n) is 2.01. The largest absolute Gasteiger partial charge is 0.432 e. The van der Waals surface area contributed by atoms with Crippen LogP contribution >= 0.6 is 0 Å². The Bertz CT molecular complexity index is 403. The van der Waals surface area contributed by atoms with E-state index in [1.165, 1.54) is 0 Å². The van der Waals surface area contributed by atoms with E-state index in [1.807, 2.05) is 0 Å². The molecule has 0 aromatic heterocycles. The van der Waals surface area contributed by atoms with Crippen LogP contribution in [0.3, 0.4) is 0 Å². The number of unbranched alkanes of at least 4 members (excludes halogenated alkanes) is 5. The lowest BCUT2D eigenvalue weighted by molar-refractivity contribution is 0.238. The summed E-state index contributed by atoms with van der Waals surface area (Å²) in [6.07, 6.45) is 5.60. The molecule has 0 rings (SSSR count). The molecule has 0 spiro atoms. The molecule has 0 bridgehead atoms. The van der Waals surface area contributed by atoms with Crippen molar-refractivity contribution in [2.45, 2.75) is 45.4 Å². The van der Waals surface area contributed by atoms with E-state index in [0.29, 0.717) is 6.42 Å². The highest BCUT2D eigenvalue weighted by atomic mass is 32.3. The molecule has 2 N–H and O–H groups in total. The minimum atomic E-state index is -4.77. The fraction of sp³-hybridized carbons (Fsp3) is 1.00. The van der Waals surface area contributed by atoms with E-state index >= 15 is 0 Å². The van der Waals surface area contributed by atoms with Crippen LogP contribution in [0.15, 0.2) is 0 Å². The maximum absolute atomic E-state index is 11.0. The Morgan fingerprint density at radius 2 is 1.44 bits per heavy atom. The lowest BCUT2D eigenvalue weighted by Crippen LogP contribution is -2.20. The first-order valence-corrected chi connectivity index (χ1v) is 8.23. The van der Waals surface area contributed by atoms with E-state index in [0.717, 1.165) is 32.1 Å². The minimum Gasteiger partial charge on any atom is -0.247 e. The summed E-state index contributed by atoms with van der Waals surface area (Å²) in [7, 11) is -9.41. The van der Waals surface area contributed by atoms with Crippen molar-refractivity contribution in [1.82, 2.24) is 0 Å². The first-order valence-electron chi connectivity index (χ1n) is 5.56. The molecule has 0 aliphatic heterocycles. The second kappa shape index (κ2) is 8.77. The summed E-state index contributed by atoms with van der Waals surface area (Å²) >= 11 is 0. The van der Waals surface area contributed by atoms with Crippen LogP contribution < -0.4 is 5.90 Å². The molecule has 0 atom stereocenters. The molecule has 0 saturated carbocycles. The molecular weight excluding hydrogens is 286 g/mol. The molecule has 0 aromatic carbocycles. The van der Waals surface area contributed by atoms with Crippen molar-refractivity contribution in [3.8, 4) is 0 Å². The zero-order valence-corrected chi connectivity index (χ0v) is 11.8. The molecule has 10 heteroatoms. The van der Waals surface area contributed by atoms with Crippen LogP contribution in [0.4, 0.5) is 0 Å². The summed E-state index contributed by atoms with van der Waals surface area (Å²) in [5.41, 5.74) is 0. The number of hydrogen-bond donors (Lipinski definition) is 1. The topological polar surface area (TPSA) is 122 Å². The molecule has 18 heavy (non-hydrogen) atoms. The first kappa shape index (κ1) is 17.7. The highest BCUT2D eigenvalue weighted by molar-refractivity contribution is 7.95. The van der Waals surface area contributed by atoms with E-state index in [9.17, 15) is 16.8 Å². The van der Waals surface area contributed by atoms with E-state index in [1.54, 1.807) is 0 Å². The van der Waals surface area contributed by atoms with Gasteiger partial charge in [0, 0.05) is 0 Å². The van der Waals surface area contributed by atoms with Gasteiger partial charge in [-0.05, 0) is 6.42 Å². The zero-order valence-electron chi connectivity index (χ0n) is 10.2. The van der Waals surface area contributed by atoms with Crippen LogP contribution in [0, 0.1) is 0 Å². The van der Waals surface area contributed by atoms with Gasteiger partial charge >= 0.3 is 20.8 Å². The smallest absolute Gasteiger partial charge is 0.247 e. The average Bonchev–Trinajstić information content (AvgIpc) is 2.26. The van der Waals surface area contributed by atoms with Crippen molar-refractivity contribution in [2.24, 2.45) is 5.90 Å². The van der Waals surface area contributed by atoms with Gasteiger partial charge in [-0.3, -0.25) is 0 Å². The Labute approximate surface area is 108 Å². The third kappa shape index (κ3) is 9.74. The highest BCUT2D eigenvalue weighted by Gasteiger charge is 2.23. The maximum atomic E-state index is 11.0. The van der Waals surface area contributed by atoms with Crippen LogP contribution in [0.1, 0.15) is 45.4 Å². The third-order valence-corrected chi connectivity index (χ3v) is 4.03. The number of hydrogen-bond acceptors (Lipinski definition) is 8. The molecular formula is C8H19NO7S2. The Balaban J connectivity index is 3.79. The molecule has 8 nitrogen and oxygen atoms in total. The van der Waals surface area contributed by atoms with E-state index in [-0.39, 0.29) is 6.61 Å². The average molecular weight is 305 g/mol. The van der Waals surface area contributed by atoms with E-state index in [2.05, 4.69) is 24.9 Å². The molecule has 0 saturated heterocycles. The Hall–Kier alpha value is -0.260. The lowest BCUT2D eigenvalue weighted by atomic mass is 10.1. The van der Waals surface area contributed by atoms with Crippen molar-refractivity contribution in [1.29, 1.82) is 0 Å². The summed E-state index contributed by atoms with van der Waals surface area (Å²) in [6, 6.07) is 0. The van der Waals surface area contributed by atoms with Crippen LogP contribution in [-0.4, -0.2) is 23.4 Å². The van der Waals surface area contributed by atoms with Gasteiger partial charge in [0.05, 0.1) is 6.61 Å². The van der Waals surface area contributed by atoms with Crippen molar-refractivity contribution in [3.63, 3.8) is 0 Å². The molecule has 0 unspecified atom stereocenters. The Kier molecular flexibility index (Phi) is 8.65. The summed E-state index contributed by atoms with van der Waals surface area (Å²) < 4.78 is 54.4. The van der Waals surface area contributed by atoms with Gasteiger partial charge in [-0.25, -0.2) is 4.18 Å². The minimum absolute atomic E-state index is 0.144. The van der Waals surface area contributed by atoms with Crippen LogP contribution in [-0.2, 0) is 32.9 Å². The van der Waals surface area contributed by atoms with Gasteiger partial charge in [0.1, 0.15) is 0 Å². The molecule has 0 heterocycles. The number of nitrogens with two attached hydrogens (primary N) is 1. The SMILES string of the molecule is CCCCCCCCOS(=O)(=O)OS(=O)(=O)ON. The van der Waals surface area contributed by atoms with Crippen molar-refractivity contribution >= 4 is 20.8 Å². The molecule has 0 amide bonds. The molecule has 0 aliphatic rings. The maximum Gasteiger partial charge on any atom is 0.432 e. The quantitative estimate of drug-likeness (QED) is 0.438. The standard InChI is InChI=1S/C8H19NO7S2/c1-2-3-4-5-6-7-8-14-17(10,11)16-18(12,13)15-9/h2-9H2,1H3. The van der Waals surface area contributed by atoms with Gasteiger partial charge in [0.15, 0.2) is 0 Å². The fourth-order valence-electron chi connectivity index (χ4n) is 1.18. The van der Waals surface area contributed by atoms with Crippen LogP contribution in [0.2, 0.25) is 0 Å². The van der Waals surface area contributed by atoms with Crippen molar-refractivity contribution in [3.05, 3.63) is 0 Å². The molecule has 0 aliphatic carbocycles. The molecule has 110 valence electrons. The van der Waals surface area contributed by atoms with Gasteiger partial charge in [0.25, 0.3) is 0 Å². The summed E-state index contributed by atoms with van der Waals surface area (Å²) in [4.78, 5) is 0. The van der Waals surface area contributed by atoms with Gasteiger partial charge in [-0.2, -0.15) is 27.0 Å². The summed E-state index contributed by atoms with van der Waals surface area (Å²) in [6.45, 7) is 1.95. The van der Waals surface area contributed by atoms with Gasteiger partial charge < -0.3 is 0 Å². The summed E-state index contributed by atoms with van der Waals surface area (Å²) in [5.74, 6) is 4.30. The second-order valence-corrected chi connectivity index (χ2v) is 6.18. The predicted octanol–water partition coefficient (Wildman–Crippen LogP) is 0.760. The first-order chi connectivity index (χ1) is 8.33. The highest BCUT2D eigenvalue weighted by Crippen LogP contribution is 2.08. The van der Waals surface area contributed by atoms with Gasteiger partial charge in [-0.1, -0.05) is 42.7 Å². The van der Waals surface area contributed by atoms with Gasteiger partial charge in [0.2, 0.25) is 0 Å². The zero-order chi connectivity index (χ0) is 14.1. The Morgan fingerprint density at radius 3 is 2.00 bits per heavy atom. The van der Waals surface area contributed by atoms with E-state index < -0.39 is 20.8 Å². The molecule has 0 radical (unpaired) electrons.